The molecule has 2 amide bonds. The summed E-state index contributed by atoms with van der Waals surface area (Å²) in [5.41, 5.74) is 0.759. The van der Waals surface area contributed by atoms with Crippen LogP contribution in [0.5, 0.6) is 17.2 Å². The summed E-state index contributed by atoms with van der Waals surface area (Å²) in [4.78, 5) is 39.1. The summed E-state index contributed by atoms with van der Waals surface area (Å²) in [5.74, 6) is -0.326. The molecule has 2 heterocycles. The van der Waals surface area contributed by atoms with E-state index in [1.54, 1.807) is 0 Å². The number of carboxylic acid groups (broad SMARTS) is 1. The van der Waals surface area contributed by atoms with E-state index in [1.807, 2.05) is 30.3 Å². The number of ether oxygens (including phenoxy) is 3. The third kappa shape index (κ3) is 4.96. The Hall–Kier alpha value is -4.87. The van der Waals surface area contributed by atoms with Crippen LogP contribution >= 0.6 is 0 Å². The van der Waals surface area contributed by atoms with Crippen molar-refractivity contribution in [2.75, 3.05) is 23.4 Å². The molecule has 0 unspecified atom stereocenters. The topological polar surface area (TPSA) is 153 Å². The summed E-state index contributed by atoms with van der Waals surface area (Å²) in [6, 6.07) is 15.2. The molecule has 2 N–H and O–H groups in total. The van der Waals surface area contributed by atoms with Gasteiger partial charge in [-0.05, 0) is 29.8 Å². The van der Waals surface area contributed by atoms with Gasteiger partial charge in [-0.2, -0.15) is 0 Å². The smallest absolute Gasteiger partial charge is 0.413 e. The third-order valence-electron chi connectivity index (χ3n) is 4.73. The second-order valence-corrected chi connectivity index (χ2v) is 6.98. The maximum Gasteiger partial charge on any atom is 0.413 e. The van der Waals surface area contributed by atoms with Gasteiger partial charge >= 0.3 is 17.9 Å². The first kappa shape index (κ1) is 22.3. The second kappa shape index (κ2) is 9.73. The number of aromatic nitrogens is 1. The van der Waals surface area contributed by atoms with Gasteiger partial charge in [0.25, 0.3) is 5.75 Å². The first-order valence-corrected chi connectivity index (χ1v) is 9.98. The Morgan fingerprint density at radius 1 is 1.18 bits per heavy atom. The summed E-state index contributed by atoms with van der Waals surface area (Å²) < 4.78 is 16.3. The molecule has 0 saturated heterocycles. The zero-order valence-corrected chi connectivity index (χ0v) is 17.5. The number of nitrogens with one attached hydrogen (secondary N) is 1. The van der Waals surface area contributed by atoms with Gasteiger partial charge in [0.05, 0.1) is 11.5 Å². The Morgan fingerprint density at radius 3 is 2.59 bits per heavy atom. The number of nitrogens with zero attached hydrogens (tertiary/aromatic N) is 3. The molecule has 0 aliphatic carbocycles. The van der Waals surface area contributed by atoms with Crippen LogP contribution in [0.2, 0.25) is 0 Å². The van der Waals surface area contributed by atoms with Gasteiger partial charge in [0.1, 0.15) is 25.2 Å². The normalized spacial score (nSPS) is 12.2. The molecule has 0 saturated carbocycles. The zero-order valence-electron chi connectivity index (χ0n) is 17.5. The first-order chi connectivity index (χ1) is 16.4. The fraction of sp³-hybridized carbons (Fsp3) is 0.136. The standard InChI is InChI=1S/C22H18N4O8/c27-21(33-13-14-4-2-1-3-5-14)24-15-6-8-16(9-7-15)34-18-17(26(30)31)12-23-20-19(18)32-11-10-25(20)22(28)29/h1-9,12H,10-11,13H2,(H,24,27)(H,28,29). The Morgan fingerprint density at radius 2 is 1.91 bits per heavy atom. The summed E-state index contributed by atoms with van der Waals surface area (Å²) in [6.07, 6.45) is -1.01. The molecule has 0 atom stereocenters. The maximum absolute atomic E-state index is 12.0. The zero-order chi connectivity index (χ0) is 24.1. The number of pyridine rings is 1. The van der Waals surface area contributed by atoms with Crippen molar-refractivity contribution in [2.24, 2.45) is 0 Å². The fourth-order valence-electron chi connectivity index (χ4n) is 3.14. The lowest BCUT2D eigenvalue weighted by molar-refractivity contribution is -0.386. The van der Waals surface area contributed by atoms with Crippen LogP contribution in [-0.2, 0) is 11.3 Å². The predicted molar refractivity (Wildman–Crippen MR) is 119 cm³/mol. The van der Waals surface area contributed by atoms with E-state index in [2.05, 4.69) is 10.3 Å². The number of rotatable bonds is 6. The molecule has 1 aromatic heterocycles. The van der Waals surface area contributed by atoms with Crippen molar-refractivity contribution in [3.63, 3.8) is 0 Å². The van der Waals surface area contributed by atoms with Crippen molar-refractivity contribution in [1.82, 2.24) is 4.98 Å². The van der Waals surface area contributed by atoms with E-state index in [9.17, 15) is 24.8 Å². The summed E-state index contributed by atoms with van der Waals surface area (Å²) in [5, 5.41) is 23.4. The summed E-state index contributed by atoms with van der Waals surface area (Å²) in [6.45, 7) is 0.109. The van der Waals surface area contributed by atoms with E-state index < -0.39 is 22.8 Å². The number of anilines is 2. The van der Waals surface area contributed by atoms with Crippen molar-refractivity contribution in [2.45, 2.75) is 6.61 Å². The van der Waals surface area contributed by atoms with E-state index in [1.165, 1.54) is 24.3 Å². The van der Waals surface area contributed by atoms with E-state index in [0.29, 0.717) is 5.69 Å². The van der Waals surface area contributed by atoms with E-state index >= 15 is 0 Å². The summed E-state index contributed by atoms with van der Waals surface area (Å²) >= 11 is 0. The Balaban J connectivity index is 1.48. The van der Waals surface area contributed by atoms with Crippen LogP contribution in [0.25, 0.3) is 0 Å². The van der Waals surface area contributed by atoms with Gasteiger partial charge in [0.15, 0.2) is 5.82 Å². The molecule has 1 aliphatic heterocycles. The Labute approximate surface area is 192 Å². The molecule has 12 nitrogen and oxygen atoms in total. The highest BCUT2D eigenvalue weighted by molar-refractivity contribution is 5.89. The van der Waals surface area contributed by atoms with Gasteiger partial charge in [-0.3, -0.25) is 20.3 Å². The van der Waals surface area contributed by atoms with Gasteiger partial charge in [-0.25, -0.2) is 14.6 Å². The molecule has 3 aromatic rings. The van der Waals surface area contributed by atoms with Crippen LogP contribution in [0.15, 0.2) is 60.8 Å². The van der Waals surface area contributed by atoms with Crippen LogP contribution in [0.4, 0.5) is 26.8 Å². The van der Waals surface area contributed by atoms with Gasteiger partial charge in [-0.15, -0.1) is 0 Å². The fourth-order valence-corrected chi connectivity index (χ4v) is 3.14. The number of hydrogen-bond donors (Lipinski definition) is 2. The number of amides is 2. The number of nitro groups is 1. The van der Waals surface area contributed by atoms with E-state index in [4.69, 9.17) is 14.2 Å². The van der Waals surface area contributed by atoms with Crippen LogP contribution in [0, 0.1) is 10.1 Å². The lowest BCUT2D eigenvalue weighted by Gasteiger charge is -2.26. The monoisotopic (exact) mass is 466 g/mol. The van der Waals surface area contributed by atoms with Crippen molar-refractivity contribution in [3.05, 3.63) is 76.5 Å². The van der Waals surface area contributed by atoms with Gasteiger partial charge < -0.3 is 19.3 Å². The van der Waals surface area contributed by atoms with E-state index in [0.717, 1.165) is 16.7 Å². The van der Waals surface area contributed by atoms with Gasteiger partial charge in [-0.1, -0.05) is 30.3 Å². The molecule has 34 heavy (non-hydrogen) atoms. The summed E-state index contributed by atoms with van der Waals surface area (Å²) in [7, 11) is 0. The minimum Gasteiger partial charge on any atom is -0.484 e. The average molecular weight is 466 g/mol. The molecule has 0 fully saturated rings. The Bertz CT molecular complexity index is 1220. The Kier molecular flexibility index (Phi) is 6.39. The molecule has 2 aromatic carbocycles. The van der Waals surface area contributed by atoms with Gasteiger partial charge in [0.2, 0.25) is 5.75 Å². The SMILES string of the molecule is O=C(Nc1ccc(Oc2c([N+](=O)[O-])cnc3c2OCCN3C(=O)O)cc1)OCc1ccccc1. The van der Waals surface area contributed by atoms with Crippen molar-refractivity contribution in [3.8, 4) is 17.2 Å². The highest BCUT2D eigenvalue weighted by atomic mass is 16.6. The number of benzene rings is 2. The minimum absolute atomic E-state index is 0.0212. The molecule has 12 heteroatoms. The van der Waals surface area contributed by atoms with E-state index in [-0.39, 0.29) is 42.8 Å². The third-order valence-corrected chi connectivity index (χ3v) is 4.73. The van der Waals surface area contributed by atoms with Crippen molar-refractivity contribution in [1.29, 1.82) is 0 Å². The molecular weight excluding hydrogens is 448 g/mol. The van der Waals surface area contributed by atoms with Gasteiger partial charge in [0, 0.05) is 5.69 Å². The second-order valence-electron chi connectivity index (χ2n) is 6.98. The first-order valence-electron chi connectivity index (χ1n) is 9.98. The van der Waals surface area contributed by atoms with Crippen LogP contribution < -0.4 is 19.7 Å². The lowest BCUT2D eigenvalue weighted by atomic mass is 10.2. The number of fused-ring (bicyclic) bond motifs is 1. The molecular formula is C22H18N4O8. The minimum atomic E-state index is -1.27. The molecule has 0 radical (unpaired) electrons. The molecule has 4 rings (SSSR count). The highest BCUT2D eigenvalue weighted by Crippen LogP contribution is 2.46. The average Bonchev–Trinajstić information content (AvgIpc) is 2.84. The highest BCUT2D eigenvalue weighted by Gasteiger charge is 2.33. The molecule has 0 spiro atoms. The van der Waals surface area contributed by atoms with Crippen molar-refractivity contribution >= 4 is 29.4 Å². The number of carbonyl (C=O) groups excluding carboxylic acids is 1. The largest absolute Gasteiger partial charge is 0.484 e. The molecule has 1 aliphatic rings. The quantitative estimate of drug-likeness (QED) is 0.397. The lowest BCUT2D eigenvalue weighted by Crippen LogP contribution is -2.37. The van der Waals surface area contributed by atoms with Crippen LogP contribution in [0.1, 0.15) is 5.56 Å². The molecule has 0 bridgehead atoms. The van der Waals surface area contributed by atoms with Crippen LogP contribution in [0.3, 0.4) is 0 Å². The van der Waals surface area contributed by atoms with Crippen LogP contribution in [-0.4, -0.2) is 40.4 Å². The molecule has 174 valence electrons. The number of hydrogen-bond acceptors (Lipinski definition) is 8. The maximum atomic E-state index is 12.0. The number of carbonyl (C=O) groups is 2. The van der Waals surface area contributed by atoms with Crippen molar-refractivity contribution < 1.29 is 33.8 Å². The predicted octanol–water partition coefficient (Wildman–Crippen LogP) is 4.41.